The van der Waals surface area contributed by atoms with Gasteiger partial charge >= 0.3 is 0 Å². The molecule has 0 unspecified atom stereocenters. The molecule has 1 aromatic carbocycles. The molecule has 0 aliphatic carbocycles. The monoisotopic (exact) mass is 416 g/mol. The van der Waals surface area contributed by atoms with E-state index in [4.69, 9.17) is 11.6 Å². The van der Waals surface area contributed by atoms with Crippen molar-refractivity contribution in [3.8, 4) is 11.3 Å². The number of aliphatic hydroxyl groups excluding tert-OH is 2. The first kappa shape index (κ1) is 21.2. The van der Waals surface area contributed by atoms with E-state index in [1.54, 1.807) is 16.7 Å². The van der Waals surface area contributed by atoms with E-state index in [1.165, 1.54) is 11.0 Å². The van der Waals surface area contributed by atoms with Crippen molar-refractivity contribution >= 4 is 28.6 Å². The van der Waals surface area contributed by atoms with Crippen LogP contribution in [0, 0.1) is 0 Å². The average molecular weight is 417 g/mol. The Morgan fingerprint density at radius 3 is 2.45 bits per heavy atom. The molecular weight excluding hydrogens is 392 g/mol. The standard InChI is InChI=1S/C21H25ClN4O3/c1-3-14(4-2)26-18(29)10-9-16-19(15-7-5-6-8-17(15)22)23-21(24-20(16)26)25(13-28)11-12-27/h5-10,14,27-28H,3-4,11-13H2,1-2H3. The maximum absolute atomic E-state index is 12.8. The van der Waals surface area contributed by atoms with Crippen LogP contribution in [0.1, 0.15) is 32.7 Å². The van der Waals surface area contributed by atoms with Crippen LogP contribution in [0.5, 0.6) is 0 Å². The lowest BCUT2D eigenvalue weighted by Gasteiger charge is -2.23. The third-order valence-electron chi connectivity index (χ3n) is 5.03. The van der Waals surface area contributed by atoms with E-state index in [-0.39, 0.29) is 37.4 Å². The van der Waals surface area contributed by atoms with Crippen LogP contribution in [0.25, 0.3) is 22.3 Å². The van der Waals surface area contributed by atoms with Crippen molar-refractivity contribution < 1.29 is 10.2 Å². The number of nitrogens with zero attached hydrogens (tertiary/aromatic N) is 4. The second-order valence-electron chi connectivity index (χ2n) is 6.73. The van der Waals surface area contributed by atoms with Crippen molar-refractivity contribution in [3.05, 3.63) is 51.8 Å². The van der Waals surface area contributed by atoms with Crippen LogP contribution >= 0.6 is 11.6 Å². The van der Waals surface area contributed by atoms with Crippen LogP contribution in [-0.2, 0) is 0 Å². The van der Waals surface area contributed by atoms with Crippen molar-refractivity contribution in [2.45, 2.75) is 32.7 Å². The molecule has 3 aromatic rings. The first-order chi connectivity index (χ1) is 14.0. The van der Waals surface area contributed by atoms with Gasteiger partial charge in [-0.1, -0.05) is 43.6 Å². The van der Waals surface area contributed by atoms with Gasteiger partial charge in [0.25, 0.3) is 5.56 Å². The summed E-state index contributed by atoms with van der Waals surface area (Å²) < 4.78 is 1.69. The van der Waals surface area contributed by atoms with Gasteiger partial charge in [-0.2, -0.15) is 4.98 Å². The van der Waals surface area contributed by atoms with Gasteiger partial charge in [-0.25, -0.2) is 4.98 Å². The highest BCUT2D eigenvalue weighted by Crippen LogP contribution is 2.33. The van der Waals surface area contributed by atoms with Gasteiger partial charge < -0.3 is 15.1 Å². The molecule has 0 saturated heterocycles. The van der Waals surface area contributed by atoms with Crippen molar-refractivity contribution in [2.75, 3.05) is 24.8 Å². The summed E-state index contributed by atoms with van der Waals surface area (Å²) in [6.07, 6.45) is 1.55. The van der Waals surface area contributed by atoms with Gasteiger partial charge in [-0.05, 0) is 25.0 Å². The van der Waals surface area contributed by atoms with E-state index in [2.05, 4.69) is 9.97 Å². The predicted molar refractivity (Wildman–Crippen MR) is 115 cm³/mol. The summed E-state index contributed by atoms with van der Waals surface area (Å²) in [5.41, 5.74) is 1.63. The van der Waals surface area contributed by atoms with Crippen LogP contribution in [0.2, 0.25) is 5.02 Å². The van der Waals surface area contributed by atoms with E-state index in [0.29, 0.717) is 27.3 Å². The number of halogens is 1. The summed E-state index contributed by atoms with van der Waals surface area (Å²) in [5.74, 6) is 0.231. The minimum Gasteiger partial charge on any atom is -0.395 e. The fourth-order valence-electron chi connectivity index (χ4n) is 3.48. The lowest BCUT2D eigenvalue weighted by atomic mass is 10.1. The van der Waals surface area contributed by atoms with Crippen LogP contribution in [0.15, 0.2) is 41.2 Å². The number of benzene rings is 1. The third kappa shape index (κ3) is 4.12. The molecule has 0 amide bonds. The molecule has 7 nitrogen and oxygen atoms in total. The summed E-state index contributed by atoms with van der Waals surface area (Å²) in [5, 5.41) is 20.3. The maximum Gasteiger partial charge on any atom is 0.252 e. The summed E-state index contributed by atoms with van der Waals surface area (Å²) in [4.78, 5) is 23.5. The highest BCUT2D eigenvalue weighted by Gasteiger charge is 2.20. The molecular formula is C21H25ClN4O3. The van der Waals surface area contributed by atoms with Gasteiger partial charge in [0.15, 0.2) is 0 Å². The molecule has 154 valence electrons. The third-order valence-corrected chi connectivity index (χ3v) is 5.36. The number of hydrogen-bond donors (Lipinski definition) is 2. The van der Waals surface area contributed by atoms with Crippen molar-refractivity contribution in [3.63, 3.8) is 0 Å². The van der Waals surface area contributed by atoms with Crippen molar-refractivity contribution in [2.24, 2.45) is 0 Å². The quantitative estimate of drug-likeness (QED) is 0.548. The normalized spacial score (nSPS) is 11.4. The molecule has 0 aliphatic heterocycles. The van der Waals surface area contributed by atoms with Crippen molar-refractivity contribution in [1.82, 2.24) is 14.5 Å². The summed E-state index contributed by atoms with van der Waals surface area (Å²) >= 11 is 6.44. The average Bonchev–Trinajstić information content (AvgIpc) is 2.74. The molecule has 2 N–H and O–H groups in total. The molecule has 0 atom stereocenters. The van der Waals surface area contributed by atoms with Gasteiger partial charge in [-0.3, -0.25) is 9.36 Å². The first-order valence-corrected chi connectivity index (χ1v) is 10.1. The first-order valence-electron chi connectivity index (χ1n) is 9.70. The fraction of sp³-hybridized carbons (Fsp3) is 0.381. The SMILES string of the molecule is CCC(CC)n1c(=O)ccc2c(-c3ccccc3Cl)nc(N(CO)CCO)nc21. The summed E-state index contributed by atoms with van der Waals surface area (Å²) in [6, 6.07) is 10.6. The number of aliphatic hydroxyl groups is 2. The van der Waals surface area contributed by atoms with Crippen molar-refractivity contribution in [1.29, 1.82) is 0 Å². The van der Waals surface area contributed by atoms with E-state index >= 15 is 0 Å². The van der Waals surface area contributed by atoms with E-state index in [0.717, 1.165) is 12.8 Å². The van der Waals surface area contributed by atoms with Crippen LogP contribution < -0.4 is 10.5 Å². The number of aromatic nitrogens is 3. The Hall–Kier alpha value is -2.48. The molecule has 0 aliphatic rings. The van der Waals surface area contributed by atoms with E-state index in [1.807, 2.05) is 32.0 Å². The van der Waals surface area contributed by atoms with E-state index in [9.17, 15) is 15.0 Å². The van der Waals surface area contributed by atoms with Gasteiger partial charge in [0, 0.05) is 34.6 Å². The van der Waals surface area contributed by atoms with Crippen LogP contribution in [0.3, 0.4) is 0 Å². The molecule has 0 saturated carbocycles. The Morgan fingerprint density at radius 2 is 1.83 bits per heavy atom. The highest BCUT2D eigenvalue weighted by atomic mass is 35.5. The summed E-state index contributed by atoms with van der Waals surface area (Å²) in [6.45, 7) is 3.68. The molecule has 8 heteroatoms. The number of rotatable bonds is 8. The fourth-order valence-corrected chi connectivity index (χ4v) is 3.71. The molecule has 0 fully saturated rings. The predicted octanol–water partition coefficient (Wildman–Crippen LogP) is 3.22. The molecule has 0 radical (unpaired) electrons. The Bertz CT molecular complexity index is 1050. The Balaban J connectivity index is 2.41. The van der Waals surface area contributed by atoms with Gasteiger partial charge in [-0.15, -0.1) is 0 Å². The molecule has 29 heavy (non-hydrogen) atoms. The zero-order valence-electron chi connectivity index (χ0n) is 16.5. The van der Waals surface area contributed by atoms with Gasteiger partial charge in [0.1, 0.15) is 12.4 Å². The zero-order chi connectivity index (χ0) is 21.0. The van der Waals surface area contributed by atoms with Gasteiger partial charge in [0.2, 0.25) is 5.95 Å². The smallest absolute Gasteiger partial charge is 0.252 e. The minimum absolute atomic E-state index is 0.0199. The highest BCUT2D eigenvalue weighted by molar-refractivity contribution is 6.33. The molecule has 2 heterocycles. The molecule has 0 spiro atoms. The number of fused-ring (bicyclic) bond motifs is 1. The Labute approximate surface area is 174 Å². The maximum atomic E-state index is 12.8. The number of hydrogen-bond acceptors (Lipinski definition) is 6. The molecule has 3 rings (SSSR count). The minimum atomic E-state index is -0.365. The summed E-state index contributed by atoms with van der Waals surface area (Å²) in [7, 11) is 0. The second-order valence-corrected chi connectivity index (χ2v) is 7.14. The second kappa shape index (κ2) is 9.35. The topological polar surface area (TPSA) is 91.5 Å². The van der Waals surface area contributed by atoms with Crippen LogP contribution in [-0.4, -0.2) is 44.6 Å². The number of pyridine rings is 1. The molecule has 2 aromatic heterocycles. The lowest BCUT2D eigenvalue weighted by molar-refractivity contribution is 0.256. The Morgan fingerprint density at radius 1 is 1.10 bits per heavy atom. The lowest BCUT2D eigenvalue weighted by Crippen LogP contribution is -2.31. The molecule has 0 bridgehead atoms. The van der Waals surface area contributed by atoms with Gasteiger partial charge in [0.05, 0.1) is 12.3 Å². The van der Waals surface area contributed by atoms with E-state index < -0.39 is 0 Å². The number of anilines is 1. The largest absolute Gasteiger partial charge is 0.395 e. The zero-order valence-corrected chi connectivity index (χ0v) is 17.3. The van der Waals surface area contributed by atoms with Crippen LogP contribution in [0.4, 0.5) is 5.95 Å². The Kier molecular flexibility index (Phi) is 6.84.